The van der Waals surface area contributed by atoms with Gasteiger partial charge in [0.25, 0.3) is 0 Å². The Bertz CT molecular complexity index is 519. The molecular weight excluding hydrogens is 417 g/mol. The molecule has 0 saturated carbocycles. The maximum absolute atomic E-state index is 11.6. The second-order valence-electron chi connectivity index (χ2n) is 9.18. The molecule has 184 valence electrons. The number of likely N-dealkylation sites (N-methyl/N-ethyl adjacent to an activating group) is 1. The molecule has 0 bridgehead atoms. The quantitative estimate of drug-likeness (QED) is 0.0534. The summed E-state index contributed by atoms with van der Waals surface area (Å²) in [6.07, 6.45) is 20.1. The summed E-state index contributed by atoms with van der Waals surface area (Å²) in [7, 11) is 1.43. The van der Waals surface area contributed by atoms with E-state index >= 15 is 0 Å². The standard InChI is InChI=1S/C23H46NO6P/c1-5-6-7-8-9-10-11-12-13-14-15-16-17-18-19-20-23(25)29-30-31(26,27)28-22-21-24(2,3)4/h12-13H,5-11,14-22H2,1-4H3/p+1. The van der Waals surface area contributed by atoms with Gasteiger partial charge in [0, 0.05) is 6.42 Å². The zero-order valence-corrected chi connectivity index (χ0v) is 21.2. The molecule has 0 saturated heterocycles. The van der Waals surface area contributed by atoms with Crippen LogP contribution in [0.4, 0.5) is 0 Å². The molecule has 0 rings (SSSR count). The first-order valence-electron chi connectivity index (χ1n) is 12.0. The first kappa shape index (κ1) is 30.3. The normalized spacial score (nSPS) is 14.1. The molecule has 0 spiro atoms. The van der Waals surface area contributed by atoms with E-state index in [2.05, 4.69) is 28.6 Å². The Morgan fingerprint density at radius 1 is 0.871 bits per heavy atom. The van der Waals surface area contributed by atoms with Crippen LogP contribution in [0.5, 0.6) is 0 Å². The molecule has 1 N–H and O–H groups in total. The first-order valence-corrected chi connectivity index (χ1v) is 13.5. The number of phosphoric ester groups is 1. The van der Waals surface area contributed by atoms with E-state index in [-0.39, 0.29) is 13.0 Å². The summed E-state index contributed by atoms with van der Waals surface area (Å²) in [5.41, 5.74) is 0. The van der Waals surface area contributed by atoms with E-state index in [4.69, 9.17) is 4.52 Å². The van der Waals surface area contributed by atoms with Crippen LogP contribution in [0.2, 0.25) is 0 Å². The lowest BCUT2D eigenvalue weighted by Crippen LogP contribution is -2.37. The molecule has 0 amide bonds. The van der Waals surface area contributed by atoms with Gasteiger partial charge in [0.1, 0.15) is 13.2 Å². The average molecular weight is 465 g/mol. The summed E-state index contributed by atoms with van der Waals surface area (Å²) in [5.74, 6) is -0.651. The summed E-state index contributed by atoms with van der Waals surface area (Å²) in [6, 6.07) is 0. The monoisotopic (exact) mass is 464 g/mol. The van der Waals surface area contributed by atoms with Gasteiger partial charge >= 0.3 is 13.8 Å². The van der Waals surface area contributed by atoms with Crippen molar-refractivity contribution in [2.24, 2.45) is 0 Å². The van der Waals surface area contributed by atoms with Gasteiger partial charge in [-0.05, 0) is 32.1 Å². The smallest absolute Gasteiger partial charge is 0.329 e. The predicted octanol–water partition coefficient (Wildman–Crippen LogP) is 6.32. The first-order chi connectivity index (χ1) is 14.7. The van der Waals surface area contributed by atoms with Gasteiger partial charge in [0.05, 0.1) is 21.1 Å². The molecule has 0 aliphatic rings. The number of phosphoric acid groups is 1. The number of nitrogens with zero attached hydrogens (tertiary/aromatic N) is 1. The van der Waals surface area contributed by atoms with E-state index in [9.17, 15) is 14.3 Å². The van der Waals surface area contributed by atoms with Crippen LogP contribution in [0, 0.1) is 0 Å². The van der Waals surface area contributed by atoms with Crippen LogP contribution in [0.3, 0.4) is 0 Å². The molecule has 0 aliphatic carbocycles. The minimum Gasteiger partial charge on any atom is -0.329 e. The summed E-state index contributed by atoms with van der Waals surface area (Å²) in [6.45, 7) is 2.80. The molecule has 1 atom stereocenters. The third kappa shape index (κ3) is 23.8. The lowest BCUT2D eigenvalue weighted by molar-refractivity contribution is -0.870. The van der Waals surface area contributed by atoms with Crippen LogP contribution in [-0.4, -0.2) is 49.6 Å². The predicted molar refractivity (Wildman–Crippen MR) is 125 cm³/mol. The molecule has 0 aromatic heterocycles. The lowest BCUT2D eigenvalue weighted by Gasteiger charge is -2.23. The fourth-order valence-electron chi connectivity index (χ4n) is 2.92. The summed E-state index contributed by atoms with van der Waals surface area (Å²) >= 11 is 0. The molecular formula is C23H47NO6P+. The van der Waals surface area contributed by atoms with Crippen molar-refractivity contribution in [2.45, 2.75) is 96.8 Å². The Hall–Kier alpha value is -0.720. The minimum atomic E-state index is -4.37. The maximum Gasteiger partial charge on any atom is 0.508 e. The highest BCUT2D eigenvalue weighted by molar-refractivity contribution is 7.47. The Morgan fingerprint density at radius 2 is 1.39 bits per heavy atom. The number of allylic oxidation sites excluding steroid dienone is 2. The van der Waals surface area contributed by atoms with Crippen LogP contribution in [0.25, 0.3) is 0 Å². The molecule has 8 heteroatoms. The third-order valence-corrected chi connectivity index (χ3v) is 5.66. The van der Waals surface area contributed by atoms with Crippen LogP contribution in [-0.2, 0) is 23.4 Å². The molecule has 0 heterocycles. The highest BCUT2D eigenvalue weighted by Crippen LogP contribution is 2.43. The van der Waals surface area contributed by atoms with E-state index in [0.717, 1.165) is 25.7 Å². The highest BCUT2D eigenvalue weighted by Gasteiger charge is 2.26. The molecule has 0 aromatic carbocycles. The topological polar surface area (TPSA) is 82.1 Å². The number of hydrogen-bond acceptors (Lipinski definition) is 5. The number of carbonyl (C=O) groups excluding carboxylic acids is 1. The third-order valence-electron chi connectivity index (χ3n) is 4.88. The van der Waals surface area contributed by atoms with Crippen molar-refractivity contribution < 1.29 is 32.8 Å². The number of carbonyl (C=O) groups is 1. The average Bonchev–Trinajstić information content (AvgIpc) is 2.68. The molecule has 7 nitrogen and oxygen atoms in total. The van der Waals surface area contributed by atoms with Crippen LogP contribution >= 0.6 is 7.82 Å². The lowest BCUT2D eigenvalue weighted by atomic mass is 10.1. The second-order valence-corrected chi connectivity index (χ2v) is 10.5. The highest BCUT2D eigenvalue weighted by atomic mass is 31.2. The number of rotatable bonds is 21. The van der Waals surface area contributed by atoms with Gasteiger partial charge in [0.15, 0.2) is 0 Å². The Balaban J connectivity index is 3.51. The molecule has 0 radical (unpaired) electrons. The van der Waals surface area contributed by atoms with Crippen molar-refractivity contribution in [1.82, 2.24) is 0 Å². The van der Waals surface area contributed by atoms with Crippen LogP contribution < -0.4 is 0 Å². The SMILES string of the molecule is CCCCCCCCC=CCCCCCCCC(=O)OOP(=O)(O)OCC[N+](C)(C)C. The Labute approximate surface area is 190 Å². The Morgan fingerprint density at radius 3 is 1.94 bits per heavy atom. The van der Waals surface area contributed by atoms with Crippen molar-refractivity contribution in [1.29, 1.82) is 0 Å². The zero-order valence-electron chi connectivity index (χ0n) is 20.4. The van der Waals surface area contributed by atoms with Gasteiger partial charge < -0.3 is 9.38 Å². The van der Waals surface area contributed by atoms with Crippen molar-refractivity contribution in [2.75, 3.05) is 34.3 Å². The number of hydrogen-bond donors (Lipinski definition) is 1. The van der Waals surface area contributed by atoms with Gasteiger partial charge in [-0.2, -0.15) is 0 Å². The number of quaternary nitrogens is 1. The van der Waals surface area contributed by atoms with Crippen molar-refractivity contribution in [3.05, 3.63) is 12.2 Å². The second kappa shape index (κ2) is 18.8. The Kier molecular flexibility index (Phi) is 18.4. The molecule has 0 aliphatic heterocycles. The minimum absolute atomic E-state index is 0.0308. The summed E-state index contributed by atoms with van der Waals surface area (Å²) in [5, 5.41) is 0. The summed E-state index contributed by atoms with van der Waals surface area (Å²) < 4.78 is 21.3. The van der Waals surface area contributed by atoms with Gasteiger partial charge in [-0.25, -0.2) is 9.36 Å². The fourth-order valence-corrected chi connectivity index (χ4v) is 3.45. The van der Waals surface area contributed by atoms with Crippen molar-refractivity contribution in [3.8, 4) is 0 Å². The van der Waals surface area contributed by atoms with E-state index in [1.54, 1.807) is 0 Å². The van der Waals surface area contributed by atoms with E-state index < -0.39 is 13.8 Å². The van der Waals surface area contributed by atoms with Gasteiger partial charge in [-0.3, -0.25) is 9.41 Å². The zero-order chi connectivity index (χ0) is 23.4. The van der Waals surface area contributed by atoms with Crippen LogP contribution in [0.15, 0.2) is 12.2 Å². The summed E-state index contributed by atoms with van der Waals surface area (Å²) in [4.78, 5) is 25.5. The van der Waals surface area contributed by atoms with Crippen LogP contribution in [0.1, 0.15) is 96.8 Å². The van der Waals surface area contributed by atoms with Gasteiger partial charge in [-0.1, -0.05) is 75.1 Å². The largest absolute Gasteiger partial charge is 0.508 e. The fraction of sp³-hybridized carbons (Fsp3) is 0.870. The molecule has 0 fully saturated rings. The van der Waals surface area contributed by atoms with Crippen molar-refractivity contribution >= 4 is 13.8 Å². The molecule has 31 heavy (non-hydrogen) atoms. The van der Waals surface area contributed by atoms with E-state index in [0.29, 0.717) is 17.4 Å². The van der Waals surface area contributed by atoms with Gasteiger partial charge in [-0.15, -0.1) is 0 Å². The number of unbranched alkanes of at least 4 members (excludes halogenated alkanes) is 11. The molecule has 1 unspecified atom stereocenters. The maximum atomic E-state index is 11.6. The van der Waals surface area contributed by atoms with E-state index in [1.165, 1.54) is 51.4 Å². The molecule has 0 aromatic rings. The van der Waals surface area contributed by atoms with E-state index in [1.807, 2.05) is 21.1 Å². The van der Waals surface area contributed by atoms with Gasteiger partial charge in [0.2, 0.25) is 0 Å². The van der Waals surface area contributed by atoms with Crippen molar-refractivity contribution in [3.63, 3.8) is 0 Å².